The number of benzene rings is 1. The molecule has 0 aromatic heterocycles. The molecule has 138 valence electrons. The smallest absolute Gasteiger partial charge is 0.244 e. The van der Waals surface area contributed by atoms with Crippen molar-refractivity contribution in [1.82, 2.24) is 10.9 Å². The minimum Gasteiger partial charge on any atom is -0.497 e. The van der Waals surface area contributed by atoms with E-state index in [9.17, 15) is 4.79 Å². The van der Waals surface area contributed by atoms with Crippen LogP contribution in [0.3, 0.4) is 0 Å². The summed E-state index contributed by atoms with van der Waals surface area (Å²) < 4.78 is 10.9. The van der Waals surface area contributed by atoms with Gasteiger partial charge >= 0.3 is 0 Å². The molecule has 2 rings (SSSR count). The zero-order valence-electron chi connectivity index (χ0n) is 14.9. The van der Waals surface area contributed by atoms with Crippen molar-refractivity contribution in [1.29, 1.82) is 0 Å². The van der Waals surface area contributed by atoms with Crippen LogP contribution in [0.5, 0.6) is 5.75 Å². The molecular weight excluding hydrogens is 340 g/mol. The summed E-state index contributed by atoms with van der Waals surface area (Å²) in [6.45, 7) is 6.78. The summed E-state index contributed by atoms with van der Waals surface area (Å²) in [5.41, 5.74) is 6.13. The van der Waals surface area contributed by atoms with Gasteiger partial charge in [0.25, 0.3) is 0 Å². The SMILES string of the molecule is COc1cccc(NC(=S)NNC(=O)CC[NH+]2C[C@@H](C)O[C@@H](C)C2)c1. The van der Waals surface area contributed by atoms with Crippen molar-refractivity contribution in [2.24, 2.45) is 0 Å². The van der Waals surface area contributed by atoms with Crippen molar-refractivity contribution >= 4 is 28.9 Å². The van der Waals surface area contributed by atoms with E-state index < -0.39 is 0 Å². The van der Waals surface area contributed by atoms with Crippen LogP contribution in [0.4, 0.5) is 5.69 Å². The summed E-state index contributed by atoms with van der Waals surface area (Å²) in [6, 6.07) is 7.39. The predicted octanol–water partition coefficient (Wildman–Crippen LogP) is 0.0950. The van der Waals surface area contributed by atoms with Crippen molar-refractivity contribution in [2.75, 3.05) is 32.1 Å². The third kappa shape index (κ3) is 6.85. The maximum atomic E-state index is 12.0. The molecule has 1 saturated heterocycles. The summed E-state index contributed by atoms with van der Waals surface area (Å²) >= 11 is 5.17. The number of morpholine rings is 1. The van der Waals surface area contributed by atoms with Crippen molar-refractivity contribution in [2.45, 2.75) is 32.5 Å². The van der Waals surface area contributed by atoms with Crippen LogP contribution in [0.2, 0.25) is 0 Å². The summed E-state index contributed by atoms with van der Waals surface area (Å²) in [5, 5.41) is 3.31. The molecule has 1 aromatic carbocycles. The second kappa shape index (κ2) is 9.55. The van der Waals surface area contributed by atoms with E-state index >= 15 is 0 Å². The number of thiocarbonyl (C=S) groups is 1. The lowest BCUT2D eigenvalue weighted by molar-refractivity contribution is -0.914. The molecule has 0 saturated carbocycles. The molecule has 1 fully saturated rings. The number of anilines is 1. The molecule has 1 unspecified atom stereocenters. The van der Waals surface area contributed by atoms with Gasteiger partial charge in [0.1, 0.15) is 31.0 Å². The van der Waals surface area contributed by atoms with E-state index in [4.69, 9.17) is 21.7 Å². The third-order valence-electron chi connectivity index (χ3n) is 3.97. The molecule has 0 bridgehead atoms. The van der Waals surface area contributed by atoms with E-state index in [1.54, 1.807) is 7.11 Å². The number of hydrogen-bond donors (Lipinski definition) is 4. The number of ether oxygens (including phenoxy) is 2. The Balaban J connectivity index is 1.67. The Morgan fingerprint density at radius 1 is 1.32 bits per heavy atom. The Kier molecular flexibility index (Phi) is 7.42. The predicted molar refractivity (Wildman–Crippen MR) is 101 cm³/mol. The van der Waals surface area contributed by atoms with E-state index in [0.717, 1.165) is 31.1 Å². The first-order valence-corrected chi connectivity index (χ1v) is 8.86. The molecular formula is C17H27N4O3S+. The molecule has 7 nitrogen and oxygen atoms in total. The minimum atomic E-state index is -0.0888. The number of amides is 1. The maximum Gasteiger partial charge on any atom is 0.244 e. The lowest BCUT2D eigenvalue weighted by atomic mass is 10.2. The lowest BCUT2D eigenvalue weighted by Crippen LogP contribution is -3.15. The normalized spacial score (nSPS) is 22.8. The van der Waals surface area contributed by atoms with E-state index in [1.807, 2.05) is 24.3 Å². The third-order valence-corrected chi connectivity index (χ3v) is 4.17. The lowest BCUT2D eigenvalue weighted by Gasteiger charge is -2.32. The molecule has 0 radical (unpaired) electrons. The second-order valence-electron chi connectivity index (χ2n) is 6.27. The fraction of sp³-hybridized carbons (Fsp3) is 0.529. The zero-order chi connectivity index (χ0) is 18.2. The molecule has 1 amide bonds. The highest BCUT2D eigenvalue weighted by Gasteiger charge is 2.25. The number of quaternary nitrogens is 1. The van der Waals surface area contributed by atoms with E-state index in [1.165, 1.54) is 4.90 Å². The number of methoxy groups -OCH3 is 1. The van der Waals surface area contributed by atoms with Crippen molar-refractivity contribution in [3.63, 3.8) is 0 Å². The molecule has 25 heavy (non-hydrogen) atoms. The van der Waals surface area contributed by atoms with Crippen LogP contribution in [0.15, 0.2) is 24.3 Å². The van der Waals surface area contributed by atoms with Crippen molar-refractivity contribution in [3.05, 3.63) is 24.3 Å². The fourth-order valence-corrected chi connectivity index (χ4v) is 3.10. The van der Waals surface area contributed by atoms with Gasteiger partial charge in [-0.15, -0.1) is 0 Å². The van der Waals surface area contributed by atoms with Gasteiger partial charge in [-0.2, -0.15) is 0 Å². The molecule has 0 aliphatic carbocycles. The van der Waals surface area contributed by atoms with Crippen LogP contribution in [0.1, 0.15) is 20.3 Å². The Morgan fingerprint density at radius 3 is 2.72 bits per heavy atom. The fourth-order valence-electron chi connectivity index (χ4n) is 2.94. The number of rotatable bonds is 5. The molecule has 4 N–H and O–H groups in total. The van der Waals surface area contributed by atoms with E-state index in [2.05, 4.69) is 30.0 Å². The van der Waals surface area contributed by atoms with Gasteiger partial charge < -0.3 is 19.7 Å². The standard InChI is InChI=1S/C17H26N4O3S/c1-12-10-21(11-13(2)24-12)8-7-16(22)19-20-17(25)18-14-5-4-6-15(9-14)23-3/h4-6,9,12-13H,7-8,10-11H2,1-3H3,(H,19,22)(H2,18,20,25)/p+1/t12-,13+. The molecule has 0 spiro atoms. The maximum absolute atomic E-state index is 12.0. The number of nitrogens with one attached hydrogen (secondary N) is 4. The van der Waals surface area contributed by atoms with Crippen molar-refractivity contribution < 1.29 is 19.2 Å². The van der Waals surface area contributed by atoms with E-state index in [0.29, 0.717) is 11.5 Å². The first-order chi connectivity index (χ1) is 12.0. The van der Waals surface area contributed by atoms with Gasteiger partial charge in [0.2, 0.25) is 5.91 Å². The summed E-state index contributed by atoms with van der Waals surface area (Å²) in [6.07, 6.45) is 0.906. The Morgan fingerprint density at radius 2 is 2.04 bits per heavy atom. The highest BCUT2D eigenvalue weighted by Crippen LogP contribution is 2.16. The highest BCUT2D eigenvalue weighted by atomic mass is 32.1. The van der Waals surface area contributed by atoms with Gasteiger partial charge in [0.05, 0.1) is 20.1 Å². The quantitative estimate of drug-likeness (QED) is 0.437. The van der Waals surface area contributed by atoms with Crippen LogP contribution in [0, 0.1) is 0 Å². The van der Waals surface area contributed by atoms with Gasteiger partial charge in [-0.05, 0) is 38.2 Å². The summed E-state index contributed by atoms with van der Waals surface area (Å²) in [4.78, 5) is 13.4. The summed E-state index contributed by atoms with van der Waals surface area (Å²) in [5.74, 6) is 0.642. The molecule has 1 aliphatic heterocycles. The first-order valence-electron chi connectivity index (χ1n) is 8.45. The van der Waals surface area contributed by atoms with Crippen LogP contribution < -0.4 is 25.8 Å². The monoisotopic (exact) mass is 367 g/mol. The number of hydrazine groups is 1. The van der Waals surface area contributed by atoms with Gasteiger partial charge in [0.15, 0.2) is 5.11 Å². The van der Waals surface area contributed by atoms with Crippen molar-refractivity contribution in [3.8, 4) is 5.75 Å². The van der Waals surface area contributed by atoms with Crippen LogP contribution in [0.25, 0.3) is 0 Å². The number of carbonyl (C=O) groups is 1. The molecule has 1 aromatic rings. The number of hydrogen-bond acceptors (Lipinski definition) is 4. The van der Waals surface area contributed by atoms with Crippen LogP contribution in [-0.2, 0) is 9.53 Å². The zero-order valence-corrected chi connectivity index (χ0v) is 15.7. The topological polar surface area (TPSA) is 76.1 Å². The average molecular weight is 367 g/mol. The van der Waals surface area contributed by atoms with Crippen LogP contribution in [-0.4, -0.2) is 50.0 Å². The van der Waals surface area contributed by atoms with Gasteiger partial charge in [-0.3, -0.25) is 15.6 Å². The molecule has 1 aliphatic rings. The Bertz CT molecular complexity index is 589. The largest absolute Gasteiger partial charge is 0.497 e. The molecule has 8 heteroatoms. The second-order valence-corrected chi connectivity index (χ2v) is 6.68. The van der Waals surface area contributed by atoms with Gasteiger partial charge in [0, 0.05) is 11.8 Å². The average Bonchev–Trinajstić information content (AvgIpc) is 2.57. The Hall–Kier alpha value is -1.90. The van der Waals surface area contributed by atoms with Crippen LogP contribution >= 0.6 is 12.2 Å². The first kappa shape index (κ1) is 19.4. The number of carbonyl (C=O) groups excluding carboxylic acids is 1. The molecule has 3 atom stereocenters. The highest BCUT2D eigenvalue weighted by molar-refractivity contribution is 7.80. The van der Waals surface area contributed by atoms with Gasteiger partial charge in [-0.1, -0.05) is 6.07 Å². The molecule has 1 heterocycles. The Labute approximate surface area is 154 Å². The van der Waals surface area contributed by atoms with Gasteiger partial charge in [-0.25, -0.2) is 0 Å². The minimum absolute atomic E-state index is 0.0888. The van der Waals surface area contributed by atoms with E-state index in [-0.39, 0.29) is 18.1 Å². The summed E-state index contributed by atoms with van der Waals surface area (Å²) in [7, 11) is 1.61.